The number of benzene rings is 3. The van der Waals surface area contributed by atoms with Crippen LogP contribution in [0, 0.1) is 0 Å². The lowest BCUT2D eigenvalue weighted by Gasteiger charge is -2.22. The molecule has 2 N–H and O–H groups in total. The molecular weight excluding hydrogens is 524 g/mol. The highest BCUT2D eigenvalue weighted by molar-refractivity contribution is 6.14. The van der Waals surface area contributed by atoms with Crippen molar-refractivity contribution in [2.45, 2.75) is 18.4 Å². The Kier molecular flexibility index (Phi) is 7.70. The molecule has 2 amide bonds. The van der Waals surface area contributed by atoms with Crippen molar-refractivity contribution in [2.24, 2.45) is 0 Å². The van der Waals surface area contributed by atoms with Crippen LogP contribution in [0.2, 0.25) is 0 Å². The first-order valence-electron chi connectivity index (χ1n) is 11.4. The number of anilines is 1. The molecule has 0 aliphatic rings. The van der Waals surface area contributed by atoms with Crippen LogP contribution >= 0.6 is 0 Å². The lowest BCUT2D eigenvalue weighted by molar-refractivity contribution is -0.162. The van der Waals surface area contributed by atoms with Crippen molar-refractivity contribution >= 4 is 34.4 Å². The summed E-state index contributed by atoms with van der Waals surface area (Å²) in [5.74, 6) is -1.57. The molecule has 0 bridgehead atoms. The normalized spacial score (nSPS) is 12.9. The Labute approximate surface area is 218 Å². The average Bonchev–Trinajstić information content (AvgIpc) is 2.89. The summed E-state index contributed by atoms with van der Waals surface area (Å²) in [6.45, 7) is 0. The second-order valence-corrected chi connectivity index (χ2v) is 8.38. The van der Waals surface area contributed by atoms with Crippen LogP contribution < -0.4 is 10.6 Å². The van der Waals surface area contributed by atoms with E-state index in [-0.39, 0.29) is 0 Å². The molecule has 0 saturated carbocycles. The molecule has 0 aliphatic carbocycles. The average molecular weight is 543 g/mol. The van der Waals surface area contributed by atoms with Crippen LogP contribution in [0.15, 0.2) is 91.3 Å². The maximum Gasteiger partial charge on any atom is 0.416 e. The van der Waals surface area contributed by atoms with E-state index in [2.05, 4.69) is 10.3 Å². The van der Waals surface area contributed by atoms with Crippen molar-refractivity contribution in [3.05, 3.63) is 114 Å². The molecule has 1 heterocycles. The maximum atomic E-state index is 13.7. The fraction of sp³-hybridized carbons (Fsp3) is 0.107. The number of carbonyl (C=O) groups excluding carboxylic acids is 2. The predicted octanol–water partition coefficient (Wildman–Crippen LogP) is 6.94. The molecule has 0 aliphatic heterocycles. The number of pyridine rings is 1. The highest BCUT2D eigenvalue weighted by Gasteiger charge is 2.42. The van der Waals surface area contributed by atoms with Crippen LogP contribution in [0.1, 0.15) is 33.1 Å². The summed E-state index contributed by atoms with van der Waals surface area (Å²) in [5, 5.41) is 5.57. The van der Waals surface area contributed by atoms with Gasteiger partial charge in [-0.25, -0.2) is 0 Å². The van der Waals surface area contributed by atoms with E-state index in [0.717, 1.165) is 18.2 Å². The van der Waals surface area contributed by atoms with E-state index in [4.69, 9.17) is 0 Å². The SMILES string of the molecule is O=C(/C=C/c1ccc(C(=O)Nc2ccncc2)c2ccccc12)NC(c1cccc(C(F)(F)F)c1)C(F)(F)F. The molecule has 1 atom stereocenters. The molecule has 0 radical (unpaired) electrons. The predicted molar refractivity (Wildman–Crippen MR) is 134 cm³/mol. The number of fused-ring (bicyclic) bond motifs is 1. The van der Waals surface area contributed by atoms with E-state index >= 15 is 0 Å². The van der Waals surface area contributed by atoms with Crippen LogP contribution in [0.3, 0.4) is 0 Å². The summed E-state index contributed by atoms with van der Waals surface area (Å²) in [7, 11) is 0. The molecule has 1 unspecified atom stereocenters. The van der Waals surface area contributed by atoms with Gasteiger partial charge in [-0.3, -0.25) is 14.6 Å². The Hall–Kier alpha value is -4.67. The molecule has 11 heteroatoms. The van der Waals surface area contributed by atoms with Crippen molar-refractivity contribution in [2.75, 3.05) is 5.32 Å². The number of aromatic nitrogens is 1. The smallest absolute Gasteiger partial charge is 0.337 e. The van der Waals surface area contributed by atoms with Gasteiger partial charge in [-0.05, 0) is 58.3 Å². The third-order valence-electron chi connectivity index (χ3n) is 5.72. The van der Waals surface area contributed by atoms with E-state index in [1.807, 2.05) is 0 Å². The van der Waals surface area contributed by atoms with Gasteiger partial charge in [-0.1, -0.05) is 42.5 Å². The minimum absolute atomic E-state index is 0.325. The topological polar surface area (TPSA) is 71.1 Å². The summed E-state index contributed by atoms with van der Waals surface area (Å²) in [6, 6.07) is 13.1. The van der Waals surface area contributed by atoms with Crippen molar-refractivity contribution in [1.82, 2.24) is 10.3 Å². The summed E-state index contributed by atoms with van der Waals surface area (Å²) in [4.78, 5) is 29.2. The van der Waals surface area contributed by atoms with E-state index in [0.29, 0.717) is 39.7 Å². The van der Waals surface area contributed by atoms with Crippen molar-refractivity contribution in [1.29, 1.82) is 0 Å². The van der Waals surface area contributed by atoms with Crippen LogP contribution in [-0.2, 0) is 11.0 Å². The summed E-state index contributed by atoms with van der Waals surface area (Å²) >= 11 is 0. The van der Waals surface area contributed by atoms with Gasteiger partial charge in [0.1, 0.15) is 0 Å². The molecule has 0 fully saturated rings. The van der Waals surface area contributed by atoms with Gasteiger partial charge in [-0.2, -0.15) is 26.3 Å². The minimum Gasteiger partial charge on any atom is -0.337 e. The molecule has 1 aromatic heterocycles. The zero-order valence-corrected chi connectivity index (χ0v) is 19.8. The van der Waals surface area contributed by atoms with Crippen LogP contribution in [0.4, 0.5) is 32.0 Å². The monoisotopic (exact) mass is 543 g/mol. The van der Waals surface area contributed by atoms with E-state index < -0.39 is 41.3 Å². The molecule has 4 aromatic rings. The van der Waals surface area contributed by atoms with Crippen molar-refractivity contribution in [3.63, 3.8) is 0 Å². The van der Waals surface area contributed by atoms with E-state index in [9.17, 15) is 35.9 Å². The Morgan fingerprint density at radius 2 is 1.51 bits per heavy atom. The van der Waals surface area contributed by atoms with Crippen molar-refractivity contribution in [3.8, 4) is 0 Å². The fourth-order valence-electron chi connectivity index (χ4n) is 3.90. The molecule has 5 nitrogen and oxygen atoms in total. The largest absolute Gasteiger partial charge is 0.416 e. The lowest BCUT2D eigenvalue weighted by atomic mass is 9.98. The number of halogens is 6. The van der Waals surface area contributed by atoms with Gasteiger partial charge in [0.2, 0.25) is 5.91 Å². The van der Waals surface area contributed by atoms with Gasteiger partial charge in [0.15, 0.2) is 6.04 Å². The molecule has 4 rings (SSSR count). The Bertz CT molecular complexity index is 1530. The lowest BCUT2D eigenvalue weighted by Crippen LogP contribution is -2.37. The Balaban J connectivity index is 1.58. The summed E-state index contributed by atoms with van der Waals surface area (Å²) in [6.07, 6.45) is -4.75. The Morgan fingerprint density at radius 3 is 2.18 bits per heavy atom. The maximum absolute atomic E-state index is 13.7. The van der Waals surface area contributed by atoms with Crippen molar-refractivity contribution < 1.29 is 35.9 Å². The van der Waals surface area contributed by atoms with Gasteiger partial charge in [-0.15, -0.1) is 0 Å². The third kappa shape index (κ3) is 6.61. The van der Waals surface area contributed by atoms with Crippen LogP contribution in [-0.4, -0.2) is 23.0 Å². The number of nitrogens with one attached hydrogen (secondary N) is 2. The molecular formula is C28H19F6N3O2. The van der Waals surface area contributed by atoms with Gasteiger partial charge < -0.3 is 10.6 Å². The summed E-state index contributed by atoms with van der Waals surface area (Å²) in [5.41, 5.74) is -0.734. The minimum atomic E-state index is -5.05. The van der Waals surface area contributed by atoms with E-state index in [1.165, 1.54) is 30.6 Å². The first-order chi connectivity index (χ1) is 18.4. The molecule has 200 valence electrons. The quantitative estimate of drug-likeness (QED) is 0.205. The second kappa shape index (κ2) is 11.0. The van der Waals surface area contributed by atoms with Gasteiger partial charge >= 0.3 is 12.4 Å². The first kappa shape index (κ1) is 27.4. The number of alkyl halides is 6. The van der Waals surface area contributed by atoms with Gasteiger partial charge in [0.25, 0.3) is 5.91 Å². The second-order valence-electron chi connectivity index (χ2n) is 8.38. The first-order valence-corrected chi connectivity index (χ1v) is 11.4. The Morgan fingerprint density at radius 1 is 0.821 bits per heavy atom. The van der Waals surface area contributed by atoms with E-state index in [1.54, 1.807) is 41.7 Å². The summed E-state index contributed by atoms with van der Waals surface area (Å²) < 4.78 is 80.1. The van der Waals surface area contributed by atoms with Gasteiger partial charge in [0.05, 0.1) is 5.56 Å². The number of hydrogen-bond donors (Lipinski definition) is 2. The number of rotatable bonds is 6. The fourth-order valence-corrected chi connectivity index (χ4v) is 3.90. The zero-order chi connectivity index (χ0) is 28.2. The number of nitrogens with zero attached hydrogens (tertiary/aromatic N) is 1. The third-order valence-corrected chi connectivity index (χ3v) is 5.72. The molecule has 0 saturated heterocycles. The van der Waals surface area contributed by atoms with Crippen LogP contribution in [0.25, 0.3) is 16.8 Å². The highest BCUT2D eigenvalue weighted by atomic mass is 19.4. The number of hydrogen-bond acceptors (Lipinski definition) is 3. The number of amides is 2. The zero-order valence-electron chi connectivity index (χ0n) is 19.8. The van der Waals surface area contributed by atoms with Gasteiger partial charge in [0, 0.05) is 29.7 Å². The highest BCUT2D eigenvalue weighted by Crippen LogP contribution is 2.36. The molecule has 39 heavy (non-hydrogen) atoms. The standard InChI is InChI=1S/C28H19F6N3O2/c29-27(30,31)19-5-3-4-18(16-19)25(28(32,33)34)37-24(38)11-9-17-8-10-23(22-7-2-1-6-21(17)22)26(39)36-20-12-14-35-15-13-20/h1-16,25H,(H,37,38)(H,35,36,39)/b11-9+. The van der Waals surface area contributed by atoms with Crippen LogP contribution in [0.5, 0.6) is 0 Å². The number of carbonyl (C=O) groups is 2. The molecule has 3 aromatic carbocycles. The molecule has 0 spiro atoms.